The number of carbonyl (C=O) groups is 1. The maximum absolute atomic E-state index is 12.7. The van der Waals surface area contributed by atoms with Crippen LogP contribution in [0.5, 0.6) is 11.5 Å². The summed E-state index contributed by atoms with van der Waals surface area (Å²) in [5.74, 6) is 2.06. The van der Waals surface area contributed by atoms with Crippen molar-refractivity contribution in [3.8, 4) is 11.5 Å². The van der Waals surface area contributed by atoms with E-state index >= 15 is 0 Å². The standard InChI is InChI=1S/C29H35O8P/c1-38(31,32)35-21-28-27(15-8-18-33-28)37-29(30)17-16-23-10-5-6-14-26(23)34-20-22-9-7-13-25(19-22)36-24-11-3-2-4-12-24/h2-5,7,9-13,19,27-28H,6,8,14-18,20-21H2,1H3,(H,31,32)/t27-,28?/m0/s1. The number of allylic oxidation sites excluding steroid dienone is 4. The van der Waals surface area contributed by atoms with Crippen molar-refractivity contribution in [2.45, 2.75) is 57.3 Å². The fourth-order valence-electron chi connectivity index (χ4n) is 4.35. The Bertz CT molecular complexity index is 1170. The molecular weight excluding hydrogens is 507 g/mol. The molecule has 0 aromatic heterocycles. The number of para-hydroxylation sites is 1. The first-order chi connectivity index (χ1) is 18.4. The molecule has 9 heteroatoms. The second-order valence-electron chi connectivity index (χ2n) is 9.42. The monoisotopic (exact) mass is 542 g/mol. The van der Waals surface area contributed by atoms with Crippen LogP contribution in [0.1, 0.15) is 44.1 Å². The Kier molecular flexibility index (Phi) is 10.2. The van der Waals surface area contributed by atoms with Gasteiger partial charge < -0.3 is 28.4 Å². The van der Waals surface area contributed by atoms with Crippen molar-refractivity contribution in [2.75, 3.05) is 19.9 Å². The first-order valence-electron chi connectivity index (χ1n) is 12.9. The molecule has 204 valence electrons. The molecule has 8 nitrogen and oxygen atoms in total. The second-order valence-corrected chi connectivity index (χ2v) is 11.3. The summed E-state index contributed by atoms with van der Waals surface area (Å²) in [5, 5.41) is 0. The van der Waals surface area contributed by atoms with Crippen molar-refractivity contribution < 1.29 is 37.7 Å². The van der Waals surface area contributed by atoms with Gasteiger partial charge in [0.15, 0.2) is 0 Å². The highest BCUT2D eigenvalue weighted by Gasteiger charge is 2.31. The number of benzene rings is 2. The summed E-state index contributed by atoms with van der Waals surface area (Å²) in [7, 11) is -3.63. The molecule has 0 amide bonds. The highest BCUT2D eigenvalue weighted by molar-refractivity contribution is 7.51. The zero-order valence-corrected chi connectivity index (χ0v) is 22.5. The molecule has 2 aromatic carbocycles. The molecule has 2 unspecified atom stereocenters. The Morgan fingerprint density at radius 3 is 2.76 bits per heavy atom. The summed E-state index contributed by atoms with van der Waals surface area (Å²) in [4.78, 5) is 22.1. The van der Waals surface area contributed by atoms with E-state index in [0.717, 1.165) is 54.3 Å². The largest absolute Gasteiger partial charge is 0.493 e. The topological polar surface area (TPSA) is 101 Å². The van der Waals surface area contributed by atoms with Gasteiger partial charge in [-0.2, -0.15) is 0 Å². The van der Waals surface area contributed by atoms with Crippen LogP contribution in [0, 0.1) is 0 Å². The Morgan fingerprint density at radius 2 is 1.95 bits per heavy atom. The predicted octanol–water partition coefficient (Wildman–Crippen LogP) is 6.30. The second kappa shape index (κ2) is 13.8. The van der Waals surface area contributed by atoms with Gasteiger partial charge in [0.05, 0.1) is 12.4 Å². The van der Waals surface area contributed by atoms with Crippen LogP contribution in [-0.4, -0.2) is 42.9 Å². The zero-order chi connectivity index (χ0) is 26.8. The van der Waals surface area contributed by atoms with E-state index < -0.39 is 19.8 Å². The van der Waals surface area contributed by atoms with Gasteiger partial charge in [0.1, 0.15) is 30.3 Å². The Balaban J connectivity index is 1.30. The van der Waals surface area contributed by atoms with Gasteiger partial charge in [0, 0.05) is 26.1 Å². The van der Waals surface area contributed by atoms with Gasteiger partial charge in [-0.3, -0.25) is 9.36 Å². The van der Waals surface area contributed by atoms with Crippen molar-refractivity contribution in [1.82, 2.24) is 0 Å². The third-order valence-corrected chi connectivity index (χ3v) is 6.87. The SMILES string of the molecule is CP(=O)(O)OCC1OCCC[C@@H]1OC(=O)CCC1=C(OCc2cccc(Oc3ccccc3)c2)CCC=C1. The molecule has 0 saturated carbocycles. The molecule has 1 heterocycles. The Labute approximate surface area is 223 Å². The lowest BCUT2D eigenvalue weighted by molar-refractivity contribution is -0.166. The molecule has 1 N–H and O–H groups in total. The van der Waals surface area contributed by atoms with E-state index in [4.69, 9.17) is 23.5 Å². The third-order valence-electron chi connectivity index (χ3n) is 6.24. The number of carbonyl (C=O) groups excluding carboxylic acids is 1. The lowest BCUT2D eigenvalue weighted by atomic mass is 10.0. The van der Waals surface area contributed by atoms with E-state index in [9.17, 15) is 14.3 Å². The lowest BCUT2D eigenvalue weighted by Gasteiger charge is -2.31. The number of esters is 1. The van der Waals surface area contributed by atoms with Crippen LogP contribution in [0.4, 0.5) is 0 Å². The van der Waals surface area contributed by atoms with Gasteiger partial charge in [-0.25, -0.2) is 0 Å². The maximum atomic E-state index is 12.7. The van der Waals surface area contributed by atoms with Crippen LogP contribution in [-0.2, 0) is 34.7 Å². The average molecular weight is 543 g/mol. The van der Waals surface area contributed by atoms with Crippen molar-refractivity contribution in [2.24, 2.45) is 0 Å². The van der Waals surface area contributed by atoms with Gasteiger partial charge in [-0.15, -0.1) is 0 Å². The van der Waals surface area contributed by atoms with Crippen molar-refractivity contribution >= 4 is 13.6 Å². The molecule has 38 heavy (non-hydrogen) atoms. The number of hydrogen-bond acceptors (Lipinski definition) is 7. The predicted molar refractivity (Wildman–Crippen MR) is 143 cm³/mol. The van der Waals surface area contributed by atoms with Crippen LogP contribution in [0.2, 0.25) is 0 Å². The van der Waals surface area contributed by atoms with Gasteiger partial charge in [-0.05, 0) is 61.1 Å². The highest BCUT2D eigenvalue weighted by Crippen LogP contribution is 2.37. The minimum Gasteiger partial charge on any atom is -0.493 e. The number of ether oxygens (including phenoxy) is 4. The first kappa shape index (κ1) is 28.1. The molecule has 0 spiro atoms. The lowest BCUT2D eigenvalue weighted by Crippen LogP contribution is -2.40. The molecule has 1 aliphatic carbocycles. The average Bonchev–Trinajstić information content (AvgIpc) is 2.91. The van der Waals surface area contributed by atoms with E-state index in [1.807, 2.05) is 60.7 Å². The van der Waals surface area contributed by atoms with Gasteiger partial charge in [-0.1, -0.05) is 42.5 Å². The smallest absolute Gasteiger partial charge is 0.325 e. The van der Waals surface area contributed by atoms with Gasteiger partial charge >= 0.3 is 13.6 Å². The van der Waals surface area contributed by atoms with Gasteiger partial charge in [0.2, 0.25) is 0 Å². The first-order valence-corrected chi connectivity index (χ1v) is 15.0. The summed E-state index contributed by atoms with van der Waals surface area (Å²) in [5.41, 5.74) is 1.97. The summed E-state index contributed by atoms with van der Waals surface area (Å²) >= 11 is 0. The summed E-state index contributed by atoms with van der Waals surface area (Å²) in [6.45, 7) is 1.93. The molecule has 1 fully saturated rings. The van der Waals surface area contributed by atoms with Crippen LogP contribution in [0.25, 0.3) is 0 Å². The summed E-state index contributed by atoms with van der Waals surface area (Å²) in [6, 6.07) is 17.4. The van der Waals surface area contributed by atoms with E-state index in [-0.39, 0.29) is 19.0 Å². The summed E-state index contributed by atoms with van der Waals surface area (Å²) in [6.07, 6.45) is 6.78. The normalized spacial score (nSPS) is 21.0. The number of rotatable bonds is 12. The molecule has 1 aliphatic heterocycles. The van der Waals surface area contributed by atoms with E-state index in [1.54, 1.807) is 0 Å². The number of hydrogen-bond donors (Lipinski definition) is 1. The fraction of sp³-hybridized carbons (Fsp3) is 0.414. The zero-order valence-electron chi connectivity index (χ0n) is 21.6. The molecule has 1 saturated heterocycles. The molecular formula is C29H35O8P. The molecule has 0 bridgehead atoms. The van der Waals surface area contributed by atoms with Gasteiger partial charge in [0.25, 0.3) is 0 Å². The van der Waals surface area contributed by atoms with Crippen molar-refractivity contribution in [3.05, 3.63) is 83.6 Å². The quantitative estimate of drug-likeness (QED) is 0.246. The maximum Gasteiger partial charge on any atom is 0.325 e. The van der Waals surface area contributed by atoms with E-state index in [0.29, 0.717) is 26.1 Å². The summed E-state index contributed by atoms with van der Waals surface area (Å²) < 4.78 is 39.9. The Hall–Kier alpha value is -2.90. The third kappa shape index (κ3) is 9.14. The minimum absolute atomic E-state index is 0.0916. The molecule has 3 atom stereocenters. The van der Waals surface area contributed by atoms with Crippen molar-refractivity contribution in [3.63, 3.8) is 0 Å². The van der Waals surface area contributed by atoms with Crippen molar-refractivity contribution in [1.29, 1.82) is 0 Å². The van der Waals surface area contributed by atoms with E-state index in [1.165, 1.54) is 0 Å². The molecule has 4 rings (SSSR count). The molecule has 0 radical (unpaired) electrons. The Morgan fingerprint density at radius 1 is 1.13 bits per heavy atom. The van der Waals surface area contributed by atoms with Crippen LogP contribution in [0.3, 0.4) is 0 Å². The fourth-order valence-corrected chi connectivity index (χ4v) is 4.78. The van der Waals surface area contributed by atoms with Crippen LogP contribution < -0.4 is 4.74 Å². The van der Waals surface area contributed by atoms with E-state index in [2.05, 4.69) is 6.08 Å². The molecule has 2 aromatic rings. The van der Waals surface area contributed by atoms with Crippen LogP contribution >= 0.6 is 7.60 Å². The highest BCUT2D eigenvalue weighted by atomic mass is 31.2. The minimum atomic E-state index is -3.63. The van der Waals surface area contributed by atoms with Crippen LogP contribution in [0.15, 0.2) is 78.1 Å². The molecule has 2 aliphatic rings.